The van der Waals surface area contributed by atoms with Gasteiger partial charge in [-0.05, 0) is 59.3 Å². The van der Waals surface area contributed by atoms with Crippen LogP contribution in [0, 0.1) is 10.5 Å². The van der Waals surface area contributed by atoms with Crippen LogP contribution >= 0.6 is 38.5 Å². The van der Waals surface area contributed by atoms with Crippen LogP contribution < -0.4 is 0 Å². The lowest BCUT2D eigenvalue weighted by Crippen LogP contribution is -1.85. The highest BCUT2D eigenvalue weighted by Gasteiger charge is 1.97. The number of hydrogen-bond donors (Lipinski definition) is 0. The summed E-state index contributed by atoms with van der Waals surface area (Å²) >= 11 is 5.77. The van der Waals surface area contributed by atoms with E-state index < -0.39 is 0 Å². The Morgan fingerprint density at radius 1 is 1.18 bits per heavy atom. The summed E-state index contributed by atoms with van der Waals surface area (Å²) in [6, 6.07) is 14.3. The maximum Gasteiger partial charge on any atom is 0.0659 e. The molecule has 0 N–H and O–H groups in total. The topological polar surface area (TPSA) is 12.4 Å². The molecular formula is C14H11BrIN. The van der Waals surface area contributed by atoms with Crippen LogP contribution in [0.2, 0.25) is 0 Å². The van der Waals surface area contributed by atoms with Gasteiger partial charge in [0.25, 0.3) is 0 Å². The standard InChI is InChI=1S/C14H11BrIN/c1-10-8-12(15)6-7-14(10)17-9-11-4-2-3-5-13(11)16/h2-9H,1H3. The van der Waals surface area contributed by atoms with Gasteiger partial charge >= 0.3 is 0 Å². The Balaban J connectivity index is 2.29. The zero-order chi connectivity index (χ0) is 12.3. The molecule has 0 saturated carbocycles. The molecule has 2 aromatic rings. The largest absolute Gasteiger partial charge is 0.256 e. The van der Waals surface area contributed by atoms with Crippen molar-refractivity contribution in [2.75, 3.05) is 0 Å². The van der Waals surface area contributed by atoms with E-state index in [1.165, 1.54) is 9.13 Å². The van der Waals surface area contributed by atoms with Gasteiger partial charge in [-0.15, -0.1) is 0 Å². The summed E-state index contributed by atoms with van der Waals surface area (Å²) in [6.45, 7) is 2.06. The van der Waals surface area contributed by atoms with E-state index in [1.54, 1.807) is 0 Å². The van der Waals surface area contributed by atoms with Crippen molar-refractivity contribution >= 4 is 50.4 Å². The van der Waals surface area contributed by atoms with Crippen molar-refractivity contribution in [3.63, 3.8) is 0 Å². The van der Waals surface area contributed by atoms with Crippen LogP contribution in [0.5, 0.6) is 0 Å². The second-order valence-electron chi connectivity index (χ2n) is 3.71. The van der Waals surface area contributed by atoms with Crippen molar-refractivity contribution in [3.05, 3.63) is 61.6 Å². The highest BCUT2D eigenvalue weighted by atomic mass is 127. The minimum atomic E-state index is 1.01. The average Bonchev–Trinajstić information content (AvgIpc) is 2.30. The van der Waals surface area contributed by atoms with Crippen molar-refractivity contribution in [1.82, 2.24) is 0 Å². The first-order valence-electron chi connectivity index (χ1n) is 5.21. The summed E-state index contributed by atoms with van der Waals surface area (Å²) in [7, 11) is 0. The number of benzene rings is 2. The number of halogens is 2. The van der Waals surface area contributed by atoms with Gasteiger partial charge in [0.1, 0.15) is 0 Å². The van der Waals surface area contributed by atoms with Crippen molar-refractivity contribution in [3.8, 4) is 0 Å². The molecule has 2 aromatic carbocycles. The Hall–Kier alpha value is -0.680. The van der Waals surface area contributed by atoms with Crippen LogP contribution in [0.3, 0.4) is 0 Å². The summed E-state index contributed by atoms with van der Waals surface area (Å²) in [6.07, 6.45) is 1.91. The van der Waals surface area contributed by atoms with Crippen LogP contribution in [-0.4, -0.2) is 6.21 Å². The predicted octanol–water partition coefficient (Wildman–Crippen LogP) is 5.11. The molecule has 0 amide bonds. The van der Waals surface area contributed by atoms with Gasteiger partial charge in [0.15, 0.2) is 0 Å². The number of hydrogen-bond acceptors (Lipinski definition) is 1. The van der Waals surface area contributed by atoms with Gasteiger partial charge in [-0.25, -0.2) is 0 Å². The Morgan fingerprint density at radius 3 is 2.65 bits per heavy atom. The fourth-order valence-electron chi connectivity index (χ4n) is 1.48. The zero-order valence-electron chi connectivity index (χ0n) is 9.32. The summed E-state index contributed by atoms with van der Waals surface area (Å²) in [5, 5.41) is 0. The fraction of sp³-hybridized carbons (Fsp3) is 0.0714. The molecule has 0 bridgehead atoms. The number of rotatable bonds is 2. The molecule has 17 heavy (non-hydrogen) atoms. The molecule has 0 atom stereocenters. The maximum absolute atomic E-state index is 4.53. The summed E-state index contributed by atoms with van der Waals surface area (Å²) in [4.78, 5) is 4.53. The van der Waals surface area contributed by atoms with E-state index in [2.05, 4.69) is 68.6 Å². The van der Waals surface area contributed by atoms with E-state index in [9.17, 15) is 0 Å². The van der Waals surface area contributed by atoms with Crippen LogP contribution in [0.25, 0.3) is 0 Å². The van der Waals surface area contributed by atoms with Gasteiger partial charge in [0, 0.05) is 19.8 Å². The Kier molecular flexibility index (Phi) is 4.34. The van der Waals surface area contributed by atoms with Gasteiger partial charge in [-0.3, -0.25) is 4.99 Å². The van der Waals surface area contributed by atoms with E-state index in [4.69, 9.17) is 0 Å². The van der Waals surface area contributed by atoms with E-state index in [0.717, 1.165) is 15.7 Å². The molecule has 0 heterocycles. The highest BCUT2D eigenvalue weighted by Crippen LogP contribution is 2.22. The van der Waals surface area contributed by atoms with E-state index in [1.807, 2.05) is 30.5 Å². The molecule has 2 rings (SSSR count). The van der Waals surface area contributed by atoms with Crippen LogP contribution in [0.15, 0.2) is 51.9 Å². The first-order valence-corrected chi connectivity index (χ1v) is 7.09. The third kappa shape index (κ3) is 3.39. The molecule has 0 radical (unpaired) electrons. The molecule has 0 aliphatic rings. The molecule has 0 spiro atoms. The molecular weight excluding hydrogens is 389 g/mol. The lowest BCUT2D eigenvalue weighted by Gasteiger charge is -2.01. The summed E-state index contributed by atoms with van der Waals surface area (Å²) in [5.74, 6) is 0. The summed E-state index contributed by atoms with van der Waals surface area (Å²) < 4.78 is 2.30. The minimum Gasteiger partial charge on any atom is -0.256 e. The van der Waals surface area contributed by atoms with Gasteiger partial charge in [-0.1, -0.05) is 34.1 Å². The second kappa shape index (κ2) is 5.78. The van der Waals surface area contributed by atoms with Crippen LogP contribution in [0.1, 0.15) is 11.1 Å². The van der Waals surface area contributed by atoms with Gasteiger partial charge in [0.2, 0.25) is 0 Å². The average molecular weight is 400 g/mol. The lowest BCUT2D eigenvalue weighted by atomic mass is 10.2. The van der Waals surface area contributed by atoms with Crippen molar-refractivity contribution in [1.29, 1.82) is 0 Å². The van der Waals surface area contributed by atoms with Gasteiger partial charge < -0.3 is 0 Å². The third-order valence-electron chi connectivity index (χ3n) is 2.41. The van der Waals surface area contributed by atoms with E-state index >= 15 is 0 Å². The van der Waals surface area contributed by atoms with Crippen molar-refractivity contribution in [2.45, 2.75) is 6.92 Å². The molecule has 1 nitrogen and oxygen atoms in total. The molecule has 0 saturated heterocycles. The molecule has 0 aromatic heterocycles. The molecule has 86 valence electrons. The molecule has 0 fully saturated rings. The summed E-state index contributed by atoms with van der Waals surface area (Å²) in [5.41, 5.74) is 3.32. The normalized spacial score (nSPS) is 11.0. The monoisotopic (exact) mass is 399 g/mol. The third-order valence-corrected chi connectivity index (χ3v) is 3.88. The minimum absolute atomic E-state index is 1.01. The maximum atomic E-state index is 4.53. The smallest absolute Gasteiger partial charge is 0.0659 e. The Bertz CT molecular complexity index is 564. The van der Waals surface area contributed by atoms with Gasteiger partial charge in [0.05, 0.1) is 5.69 Å². The number of nitrogens with zero attached hydrogens (tertiary/aromatic N) is 1. The molecule has 3 heteroatoms. The van der Waals surface area contributed by atoms with Crippen LogP contribution in [0.4, 0.5) is 5.69 Å². The fourth-order valence-corrected chi connectivity index (χ4v) is 2.48. The van der Waals surface area contributed by atoms with Crippen molar-refractivity contribution < 1.29 is 0 Å². The Morgan fingerprint density at radius 2 is 1.94 bits per heavy atom. The molecule has 0 unspecified atom stereocenters. The number of aryl methyl sites for hydroxylation is 1. The van der Waals surface area contributed by atoms with Gasteiger partial charge in [-0.2, -0.15) is 0 Å². The first-order chi connectivity index (χ1) is 8.16. The van der Waals surface area contributed by atoms with Crippen molar-refractivity contribution in [2.24, 2.45) is 4.99 Å². The predicted molar refractivity (Wildman–Crippen MR) is 85.3 cm³/mol. The second-order valence-corrected chi connectivity index (χ2v) is 5.79. The molecule has 0 aliphatic carbocycles. The SMILES string of the molecule is Cc1cc(Br)ccc1N=Cc1ccccc1I. The molecule has 0 aliphatic heterocycles. The highest BCUT2D eigenvalue weighted by molar-refractivity contribution is 14.1. The quantitative estimate of drug-likeness (QED) is 0.491. The zero-order valence-corrected chi connectivity index (χ0v) is 13.1. The van der Waals surface area contributed by atoms with E-state index in [-0.39, 0.29) is 0 Å². The first kappa shape index (κ1) is 12.8. The Labute approximate surface area is 123 Å². The van der Waals surface area contributed by atoms with E-state index in [0.29, 0.717) is 0 Å². The number of aliphatic imine (C=N–C) groups is 1. The lowest BCUT2D eigenvalue weighted by molar-refractivity contribution is 1.39. The van der Waals surface area contributed by atoms with Crippen LogP contribution in [-0.2, 0) is 0 Å².